The largest absolute Gasteiger partial charge is 0.451 e. The average Bonchev–Trinajstić information content (AvgIpc) is 2.95. The van der Waals surface area contributed by atoms with Gasteiger partial charge in [-0.2, -0.15) is 0 Å². The molecule has 8 heteroatoms. The maximum Gasteiger partial charge on any atom is 0.305 e. The lowest BCUT2D eigenvalue weighted by Crippen LogP contribution is -2.41. The van der Waals surface area contributed by atoms with E-state index in [1.165, 1.54) is 12.1 Å². The minimum atomic E-state index is -3.21. The highest BCUT2D eigenvalue weighted by atomic mass is 32.2. The van der Waals surface area contributed by atoms with Crippen molar-refractivity contribution < 1.29 is 22.4 Å². The molecular formula is C19H18N2O5S. The number of fused-ring (bicyclic) bond motifs is 1. The quantitative estimate of drug-likeness (QED) is 0.670. The van der Waals surface area contributed by atoms with E-state index in [4.69, 9.17) is 4.42 Å². The number of rotatable bonds is 4. The van der Waals surface area contributed by atoms with Gasteiger partial charge in [-0.15, -0.1) is 0 Å². The highest BCUT2D eigenvalue weighted by Crippen LogP contribution is 2.24. The molecule has 2 aromatic carbocycles. The maximum absolute atomic E-state index is 12.3. The van der Waals surface area contributed by atoms with Crippen LogP contribution in [-0.4, -0.2) is 26.5 Å². The van der Waals surface area contributed by atoms with Crippen LogP contribution in [0.4, 0.5) is 0 Å². The van der Waals surface area contributed by atoms with Crippen LogP contribution in [0.1, 0.15) is 32.0 Å². The summed E-state index contributed by atoms with van der Waals surface area (Å²) in [5.74, 6) is -1.20. The molecule has 1 aromatic heterocycles. The standard InChI is InChI=1S/C19H18N2O5S/c1-12-15-8-3-4-9-16(15)26-17(12)19(23)21-20-18(22)14-7-5-6-13(10-14)11-27(2,24)25/h3-10H,11H2,1-2H3,(H,20,22)(H,21,23). The van der Waals surface area contributed by atoms with Crippen molar-refractivity contribution in [3.8, 4) is 0 Å². The number of hydrogen-bond acceptors (Lipinski definition) is 5. The molecule has 3 aromatic rings. The molecule has 0 saturated carbocycles. The molecule has 0 fully saturated rings. The lowest BCUT2D eigenvalue weighted by atomic mass is 10.1. The fraction of sp³-hybridized carbons (Fsp3) is 0.158. The van der Waals surface area contributed by atoms with E-state index in [2.05, 4.69) is 10.9 Å². The summed E-state index contributed by atoms with van der Waals surface area (Å²) >= 11 is 0. The molecule has 140 valence electrons. The second-order valence-electron chi connectivity index (χ2n) is 6.23. The van der Waals surface area contributed by atoms with Gasteiger partial charge >= 0.3 is 5.91 Å². The van der Waals surface area contributed by atoms with Gasteiger partial charge < -0.3 is 4.42 Å². The van der Waals surface area contributed by atoms with E-state index < -0.39 is 21.7 Å². The van der Waals surface area contributed by atoms with Gasteiger partial charge in [0.05, 0.1) is 5.75 Å². The molecule has 0 aliphatic rings. The van der Waals surface area contributed by atoms with Crippen LogP contribution in [0.25, 0.3) is 11.0 Å². The Balaban J connectivity index is 1.71. The number of nitrogens with one attached hydrogen (secondary N) is 2. The summed E-state index contributed by atoms with van der Waals surface area (Å²) in [5.41, 5.74) is 6.61. The normalized spacial score (nSPS) is 11.3. The Hall–Kier alpha value is -3.13. The Morgan fingerprint density at radius 3 is 2.41 bits per heavy atom. The molecule has 0 saturated heterocycles. The number of carbonyl (C=O) groups excluding carboxylic acids is 2. The predicted molar refractivity (Wildman–Crippen MR) is 101 cm³/mol. The molecule has 0 spiro atoms. The lowest BCUT2D eigenvalue weighted by molar-refractivity contribution is 0.0831. The molecule has 2 amide bonds. The van der Waals surface area contributed by atoms with Crippen LogP contribution in [0.15, 0.2) is 52.9 Å². The minimum Gasteiger partial charge on any atom is -0.451 e. The van der Waals surface area contributed by atoms with Gasteiger partial charge in [0, 0.05) is 22.8 Å². The molecule has 0 atom stereocenters. The first-order valence-corrected chi connectivity index (χ1v) is 10.2. The number of aryl methyl sites for hydroxylation is 1. The predicted octanol–water partition coefficient (Wildman–Crippen LogP) is 2.36. The van der Waals surface area contributed by atoms with Gasteiger partial charge in [0.2, 0.25) is 0 Å². The van der Waals surface area contributed by atoms with Crippen LogP contribution < -0.4 is 10.9 Å². The fourth-order valence-electron chi connectivity index (χ4n) is 2.74. The molecule has 1 heterocycles. The van der Waals surface area contributed by atoms with Crippen LogP contribution in [0.2, 0.25) is 0 Å². The Bertz CT molecular complexity index is 1130. The van der Waals surface area contributed by atoms with Crippen molar-refractivity contribution in [1.29, 1.82) is 0 Å². The van der Waals surface area contributed by atoms with Crippen LogP contribution >= 0.6 is 0 Å². The van der Waals surface area contributed by atoms with E-state index in [0.717, 1.165) is 11.6 Å². The first kappa shape index (κ1) is 18.7. The molecule has 0 radical (unpaired) electrons. The SMILES string of the molecule is Cc1c(C(=O)NNC(=O)c2cccc(CS(C)(=O)=O)c2)oc2ccccc12. The van der Waals surface area contributed by atoms with Gasteiger partial charge in [-0.1, -0.05) is 30.3 Å². The van der Waals surface area contributed by atoms with E-state index >= 15 is 0 Å². The summed E-state index contributed by atoms with van der Waals surface area (Å²) in [7, 11) is -3.21. The number of furan rings is 1. The van der Waals surface area contributed by atoms with Gasteiger partial charge in [0.25, 0.3) is 5.91 Å². The third-order valence-corrected chi connectivity index (χ3v) is 4.82. The number of amides is 2. The van der Waals surface area contributed by atoms with Crippen molar-refractivity contribution >= 4 is 32.6 Å². The Kier molecular flexibility index (Phi) is 5.00. The van der Waals surface area contributed by atoms with E-state index in [1.807, 2.05) is 12.1 Å². The van der Waals surface area contributed by atoms with Gasteiger partial charge in [-0.3, -0.25) is 20.4 Å². The smallest absolute Gasteiger partial charge is 0.305 e. The second-order valence-corrected chi connectivity index (χ2v) is 8.37. The van der Waals surface area contributed by atoms with Crippen molar-refractivity contribution in [1.82, 2.24) is 10.9 Å². The Morgan fingerprint density at radius 2 is 1.70 bits per heavy atom. The first-order valence-electron chi connectivity index (χ1n) is 8.10. The molecule has 0 unspecified atom stereocenters. The second kappa shape index (κ2) is 7.24. The van der Waals surface area contributed by atoms with Gasteiger partial charge in [0.15, 0.2) is 15.6 Å². The molecule has 0 aliphatic carbocycles. The fourth-order valence-corrected chi connectivity index (χ4v) is 3.52. The highest BCUT2D eigenvalue weighted by molar-refractivity contribution is 7.89. The molecule has 2 N–H and O–H groups in total. The third kappa shape index (κ3) is 4.35. The van der Waals surface area contributed by atoms with Crippen LogP contribution in [0.5, 0.6) is 0 Å². The molecule has 0 aliphatic heterocycles. The van der Waals surface area contributed by atoms with Gasteiger partial charge in [-0.05, 0) is 30.7 Å². The number of carbonyl (C=O) groups is 2. The van der Waals surface area contributed by atoms with Crippen LogP contribution in [0, 0.1) is 6.92 Å². The summed E-state index contributed by atoms with van der Waals surface area (Å²) in [5, 5.41) is 0.822. The number of hydrogen-bond donors (Lipinski definition) is 2. The van der Waals surface area contributed by atoms with E-state index in [-0.39, 0.29) is 17.1 Å². The first-order chi connectivity index (χ1) is 12.7. The summed E-state index contributed by atoms with van der Waals surface area (Å²) < 4.78 is 28.3. The maximum atomic E-state index is 12.3. The molecule has 7 nitrogen and oxygen atoms in total. The van der Waals surface area contributed by atoms with Crippen molar-refractivity contribution in [2.75, 3.05) is 6.26 Å². The number of benzene rings is 2. The van der Waals surface area contributed by atoms with Crippen molar-refractivity contribution in [3.63, 3.8) is 0 Å². The average molecular weight is 386 g/mol. The topological polar surface area (TPSA) is 105 Å². The van der Waals surface area contributed by atoms with Crippen LogP contribution in [-0.2, 0) is 15.6 Å². The number of para-hydroxylation sites is 1. The van der Waals surface area contributed by atoms with Gasteiger partial charge in [0.1, 0.15) is 5.58 Å². The lowest BCUT2D eigenvalue weighted by Gasteiger charge is -2.08. The summed E-state index contributed by atoms with van der Waals surface area (Å²) in [4.78, 5) is 24.6. The molecule has 27 heavy (non-hydrogen) atoms. The highest BCUT2D eigenvalue weighted by Gasteiger charge is 2.18. The van der Waals surface area contributed by atoms with Crippen molar-refractivity contribution in [2.45, 2.75) is 12.7 Å². The van der Waals surface area contributed by atoms with E-state index in [9.17, 15) is 18.0 Å². The van der Waals surface area contributed by atoms with Crippen molar-refractivity contribution in [2.24, 2.45) is 0 Å². The molecular weight excluding hydrogens is 368 g/mol. The zero-order valence-corrected chi connectivity index (χ0v) is 15.6. The Labute approximate surface area is 156 Å². The zero-order chi connectivity index (χ0) is 19.6. The Morgan fingerprint density at radius 1 is 1.00 bits per heavy atom. The monoisotopic (exact) mass is 386 g/mol. The molecule has 3 rings (SSSR count). The third-order valence-electron chi connectivity index (χ3n) is 3.96. The summed E-state index contributed by atoms with van der Waals surface area (Å²) in [6, 6.07) is 13.4. The minimum absolute atomic E-state index is 0.113. The van der Waals surface area contributed by atoms with Gasteiger partial charge in [-0.25, -0.2) is 8.42 Å². The summed E-state index contributed by atoms with van der Waals surface area (Å²) in [6.07, 6.45) is 1.12. The van der Waals surface area contributed by atoms with E-state index in [1.54, 1.807) is 31.2 Å². The molecule has 0 bridgehead atoms. The van der Waals surface area contributed by atoms with E-state index in [0.29, 0.717) is 16.7 Å². The number of hydrazine groups is 1. The number of sulfone groups is 1. The van der Waals surface area contributed by atoms with Crippen LogP contribution in [0.3, 0.4) is 0 Å². The van der Waals surface area contributed by atoms with Crippen molar-refractivity contribution in [3.05, 3.63) is 71.0 Å². The zero-order valence-electron chi connectivity index (χ0n) is 14.8. The summed E-state index contributed by atoms with van der Waals surface area (Å²) in [6.45, 7) is 1.76.